The van der Waals surface area contributed by atoms with Gasteiger partial charge in [0.1, 0.15) is 5.82 Å². The number of nitrogens with one attached hydrogen (secondary N) is 1. The van der Waals surface area contributed by atoms with Crippen LogP contribution in [-0.4, -0.2) is 4.98 Å². The third-order valence-electron chi connectivity index (χ3n) is 2.23. The van der Waals surface area contributed by atoms with Crippen LogP contribution in [0.25, 0.3) is 11.1 Å². The predicted octanol–water partition coefficient (Wildman–Crippen LogP) is 2.49. The third kappa shape index (κ3) is 1.81. The number of hydrogen-bond acceptors (Lipinski definition) is 1. The van der Waals surface area contributed by atoms with Crippen LogP contribution in [0.2, 0.25) is 0 Å². The average molecular weight is 203 g/mol. The molecule has 0 aliphatic heterocycles. The molecule has 0 saturated heterocycles. The van der Waals surface area contributed by atoms with Gasteiger partial charge in [-0.2, -0.15) is 0 Å². The summed E-state index contributed by atoms with van der Waals surface area (Å²) in [5.41, 5.74) is 1.35. The van der Waals surface area contributed by atoms with Crippen LogP contribution in [0.1, 0.15) is 5.56 Å². The number of hydrogen-bond donors (Lipinski definition) is 1. The molecule has 3 heteroatoms. The van der Waals surface area contributed by atoms with Gasteiger partial charge >= 0.3 is 0 Å². The second-order valence-electron chi connectivity index (χ2n) is 3.40. The molecule has 0 amide bonds. The van der Waals surface area contributed by atoms with E-state index in [4.69, 9.17) is 0 Å². The summed E-state index contributed by atoms with van der Waals surface area (Å²) < 4.78 is 13.5. The van der Waals surface area contributed by atoms with Gasteiger partial charge in [-0.1, -0.05) is 11.6 Å². The summed E-state index contributed by atoms with van der Waals surface area (Å²) in [5, 5.41) is 0. The van der Waals surface area contributed by atoms with Crippen molar-refractivity contribution in [3.8, 4) is 11.1 Å². The molecule has 15 heavy (non-hydrogen) atoms. The Labute approximate surface area is 86.4 Å². The minimum atomic E-state index is -0.378. The SMILES string of the molecule is Cc1ccc(F)c(-c2ccc[nH]c2=O)c1. The second-order valence-corrected chi connectivity index (χ2v) is 3.40. The molecule has 2 nitrogen and oxygen atoms in total. The van der Waals surface area contributed by atoms with Crippen molar-refractivity contribution in [2.24, 2.45) is 0 Å². The Kier molecular flexibility index (Phi) is 2.37. The minimum absolute atomic E-state index is 0.276. The fourth-order valence-corrected chi connectivity index (χ4v) is 1.48. The molecule has 0 aliphatic carbocycles. The summed E-state index contributed by atoms with van der Waals surface area (Å²) in [4.78, 5) is 14.0. The fourth-order valence-electron chi connectivity index (χ4n) is 1.48. The first kappa shape index (κ1) is 9.65. The molecule has 0 spiro atoms. The van der Waals surface area contributed by atoms with E-state index in [9.17, 15) is 9.18 Å². The molecule has 0 aliphatic rings. The topological polar surface area (TPSA) is 32.9 Å². The predicted molar refractivity (Wildman–Crippen MR) is 57.2 cm³/mol. The van der Waals surface area contributed by atoms with E-state index in [1.54, 1.807) is 24.3 Å². The Hall–Kier alpha value is -1.90. The van der Waals surface area contributed by atoms with E-state index in [0.29, 0.717) is 11.1 Å². The van der Waals surface area contributed by atoms with E-state index in [0.717, 1.165) is 5.56 Å². The van der Waals surface area contributed by atoms with E-state index in [1.807, 2.05) is 6.92 Å². The highest BCUT2D eigenvalue weighted by Gasteiger charge is 2.07. The Balaban J connectivity index is 2.69. The van der Waals surface area contributed by atoms with Gasteiger partial charge in [-0.25, -0.2) is 4.39 Å². The first-order valence-corrected chi connectivity index (χ1v) is 4.63. The zero-order valence-corrected chi connectivity index (χ0v) is 8.25. The van der Waals surface area contributed by atoms with E-state index in [-0.39, 0.29) is 11.4 Å². The van der Waals surface area contributed by atoms with Crippen LogP contribution in [0.4, 0.5) is 4.39 Å². The minimum Gasteiger partial charge on any atom is -0.329 e. The Morgan fingerprint density at radius 1 is 1.20 bits per heavy atom. The molecular weight excluding hydrogens is 193 g/mol. The van der Waals surface area contributed by atoms with Gasteiger partial charge in [-0.05, 0) is 31.2 Å². The van der Waals surface area contributed by atoms with Gasteiger partial charge in [0.15, 0.2) is 0 Å². The Bertz CT molecular complexity index is 545. The second kappa shape index (κ2) is 3.69. The molecular formula is C12H10FNO. The van der Waals surface area contributed by atoms with Crippen molar-refractivity contribution >= 4 is 0 Å². The van der Waals surface area contributed by atoms with Gasteiger partial charge in [0.25, 0.3) is 5.56 Å². The lowest BCUT2D eigenvalue weighted by Gasteiger charge is -2.03. The van der Waals surface area contributed by atoms with Gasteiger partial charge < -0.3 is 4.98 Å². The van der Waals surface area contributed by atoms with Crippen molar-refractivity contribution in [3.05, 3.63) is 58.3 Å². The van der Waals surface area contributed by atoms with Crippen molar-refractivity contribution in [1.29, 1.82) is 0 Å². The van der Waals surface area contributed by atoms with E-state index in [1.165, 1.54) is 12.3 Å². The number of halogens is 1. The summed E-state index contributed by atoms with van der Waals surface area (Å²) in [5.74, 6) is -0.378. The quantitative estimate of drug-likeness (QED) is 0.758. The smallest absolute Gasteiger partial charge is 0.255 e. The lowest BCUT2D eigenvalue weighted by Crippen LogP contribution is -2.07. The number of aromatic nitrogens is 1. The number of aromatic amines is 1. The molecule has 76 valence electrons. The van der Waals surface area contributed by atoms with Crippen LogP contribution in [0.15, 0.2) is 41.3 Å². The summed E-state index contributed by atoms with van der Waals surface area (Å²) >= 11 is 0. The van der Waals surface area contributed by atoms with E-state index >= 15 is 0 Å². The number of H-pyrrole nitrogens is 1. The zero-order valence-electron chi connectivity index (χ0n) is 8.25. The number of rotatable bonds is 1. The summed E-state index contributed by atoms with van der Waals surface area (Å²) in [6, 6.07) is 8.00. The number of benzene rings is 1. The van der Waals surface area contributed by atoms with Crippen LogP contribution in [0.3, 0.4) is 0 Å². The molecule has 0 atom stereocenters. The largest absolute Gasteiger partial charge is 0.329 e. The number of pyridine rings is 1. The maximum atomic E-state index is 13.5. The maximum Gasteiger partial charge on any atom is 0.255 e. The van der Waals surface area contributed by atoms with Gasteiger partial charge in [0.2, 0.25) is 0 Å². The van der Waals surface area contributed by atoms with Crippen LogP contribution in [0.5, 0.6) is 0 Å². The monoisotopic (exact) mass is 203 g/mol. The van der Waals surface area contributed by atoms with Gasteiger partial charge in [-0.3, -0.25) is 4.79 Å². The van der Waals surface area contributed by atoms with Crippen LogP contribution in [-0.2, 0) is 0 Å². The normalized spacial score (nSPS) is 10.3. The van der Waals surface area contributed by atoms with Crippen LogP contribution >= 0.6 is 0 Å². The van der Waals surface area contributed by atoms with Crippen molar-refractivity contribution in [1.82, 2.24) is 4.98 Å². The highest BCUT2D eigenvalue weighted by molar-refractivity contribution is 5.63. The maximum absolute atomic E-state index is 13.5. The van der Waals surface area contributed by atoms with Gasteiger partial charge in [-0.15, -0.1) is 0 Å². The molecule has 0 bridgehead atoms. The molecule has 0 unspecified atom stereocenters. The summed E-state index contributed by atoms with van der Waals surface area (Å²) in [7, 11) is 0. The van der Waals surface area contributed by atoms with Crippen LogP contribution in [0, 0.1) is 12.7 Å². The average Bonchev–Trinajstić information content (AvgIpc) is 2.23. The number of aryl methyl sites for hydroxylation is 1. The molecule has 2 rings (SSSR count). The lowest BCUT2D eigenvalue weighted by molar-refractivity contribution is 0.630. The first-order chi connectivity index (χ1) is 7.18. The standard InChI is InChI=1S/C12H10FNO/c1-8-4-5-11(13)10(7-8)9-3-2-6-14-12(9)15/h2-7H,1H3,(H,14,15). The van der Waals surface area contributed by atoms with Crippen LogP contribution < -0.4 is 5.56 Å². The molecule has 1 aromatic carbocycles. The molecule has 1 aromatic heterocycles. The van der Waals surface area contributed by atoms with E-state index in [2.05, 4.69) is 4.98 Å². The Morgan fingerprint density at radius 2 is 2.00 bits per heavy atom. The summed E-state index contributed by atoms with van der Waals surface area (Å²) in [6.07, 6.45) is 1.53. The molecule has 0 saturated carbocycles. The molecule has 1 heterocycles. The highest BCUT2D eigenvalue weighted by Crippen LogP contribution is 2.20. The van der Waals surface area contributed by atoms with Crippen molar-refractivity contribution in [2.75, 3.05) is 0 Å². The third-order valence-corrected chi connectivity index (χ3v) is 2.23. The van der Waals surface area contributed by atoms with Gasteiger partial charge in [0.05, 0.1) is 0 Å². The molecule has 0 fully saturated rings. The molecule has 1 N–H and O–H groups in total. The zero-order chi connectivity index (χ0) is 10.8. The molecule has 0 radical (unpaired) electrons. The van der Waals surface area contributed by atoms with Gasteiger partial charge in [0, 0.05) is 17.3 Å². The van der Waals surface area contributed by atoms with Crippen molar-refractivity contribution in [2.45, 2.75) is 6.92 Å². The highest BCUT2D eigenvalue weighted by atomic mass is 19.1. The van der Waals surface area contributed by atoms with Crippen molar-refractivity contribution in [3.63, 3.8) is 0 Å². The first-order valence-electron chi connectivity index (χ1n) is 4.63. The summed E-state index contributed by atoms with van der Waals surface area (Å²) in [6.45, 7) is 1.86. The fraction of sp³-hybridized carbons (Fsp3) is 0.0833. The lowest BCUT2D eigenvalue weighted by atomic mass is 10.0. The van der Waals surface area contributed by atoms with Crippen molar-refractivity contribution < 1.29 is 4.39 Å². The van der Waals surface area contributed by atoms with E-state index < -0.39 is 0 Å². The Morgan fingerprint density at radius 3 is 2.73 bits per heavy atom. The molecule has 2 aromatic rings.